The van der Waals surface area contributed by atoms with Crippen molar-refractivity contribution in [3.8, 4) is 5.75 Å². The Bertz CT molecular complexity index is 489. The summed E-state index contributed by atoms with van der Waals surface area (Å²) < 4.78 is 5.32. The zero-order valence-corrected chi connectivity index (χ0v) is 12.0. The lowest BCUT2D eigenvalue weighted by Gasteiger charge is -2.24. The number of nitrogens with one attached hydrogen (secondary N) is 1. The molecule has 0 aliphatic carbocycles. The van der Waals surface area contributed by atoms with Gasteiger partial charge in [-0.1, -0.05) is 18.2 Å². The van der Waals surface area contributed by atoms with E-state index < -0.39 is 0 Å². The van der Waals surface area contributed by atoms with Crippen LogP contribution in [-0.4, -0.2) is 43.1 Å². The molecule has 2 saturated heterocycles. The van der Waals surface area contributed by atoms with Crippen LogP contribution in [0, 0.1) is 0 Å². The van der Waals surface area contributed by atoms with Crippen LogP contribution in [0.25, 0.3) is 0 Å². The Morgan fingerprint density at radius 2 is 2.10 bits per heavy atom. The van der Waals surface area contributed by atoms with E-state index in [4.69, 9.17) is 4.74 Å². The molecule has 0 aromatic heterocycles. The highest BCUT2D eigenvalue weighted by Gasteiger charge is 2.31. The van der Waals surface area contributed by atoms with Crippen molar-refractivity contribution in [1.82, 2.24) is 10.2 Å². The number of hydrogen-bond donors (Lipinski definition) is 1. The fourth-order valence-corrected chi connectivity index (χ4v) is 3.29. The minimum Gasteiger partial charge on any atom is -0.496 e. The summed E-state index contributed by atoms with van der Waals surface area (Å²) >= 11 is 0. The molecule has 2 aliphatic heterocycles. The maximum absolute atomic E-state index is 12.5. The monoisotopic (exact) mass is 274 g/mol. The lowest BCUT2D eigenvalue weighted by Crippen LogP contribution is -2.39. The molecule has 3 rings (SSSR count). The molecule has 1 aromatic carbocycles. The molecule has 1 N–H and O–H groups in total. The van der Waals surface area contributed by atoms with Crippen LogP contribution in [0.3, 0.4) is 0 Å². The molecule has 2 bridgehead atoms. The summed E-state index contributed by atoms with van der Waals surface area (Å²) in [6.07, 6.45) is 3.97. The van der Waals surface area contributed by atoms with Gasteiger partial charge in [0.1, 0.15) is 5.75 Å². The predicted octanol–water partition coefficient (Wildman–Crippen LogP) is 1.59. The second-order valence-corrected chi connectivity index (χ2v) is 5.75. The Balaban J connectivity index is 1.66. The van der Waals surface area contributed by atoms with Gasteiger partial charge in [-0.15, -0.1) is 0 Å². The van der Waals surface area contributed by atoms with E-state index in [2.05, 4.69) is 5.32 Å². The number of methoxy groups -OCH3 is 1. The number of amides is 1. The van der Waals surface area contributed by atoms with Crippen molar-refractivity contribution in [2.24, 2.45) is 0 Å². The Kier molecular flexibility index (Phi) is 3.92. The quantitative estimate of drug-likeness (QED) is 0.910. The van der Waals surface area contributed by atoms with Crippen LogP contribution in [0.1, 0.15) is 24.8 Å². The minimum atomic E-state index is 0.212. The molecular formula is C16H22N2O2. The first-order valence-electron chi connectivity index (χ1n) is 7.42. The largest absolute Gasteiger partial charge is 0.496 e. The molecule has 108 valence electrons. The molecule has 2 atom stereocenters. The van der Waals surface area contributed by atoms with Crippen LogP contribution in [0.4, 0.5) is 0 Å². The van der Waals surface area contributed by atoms with E-state index >= 15 is 0 Å². The van der Waals surface area contributed by atoms with E-state index in [1.54, 1.807) is 7.11 Å². The molecule has 4 heteroatoms. The zero-order valence-electron chi connectivity index (χ0n) is 12.0. The lowest BCUT2D eigenvalue weighted by atomic mass is 10.1. The average Bonchev–Trinajstić information content (AvgIpc) is 2.78. The maximum atomic E-state index is 12.5. The fourth-order valence-electron chi connectivity index (χ4n) is 3.29. The van der Waals surface area contributed by atoms with Crippen LogP contribution < -0.4 is 10.1 Å². The van der Waals surface area contributed by atoms with E-state index in [0.29, 0.717) is 18.5 Å². The van der Waals surface area contributed by atoms with Crippen LogP contribution in [0.5, 0.6) is 5.75 Å². The molecular weight excluding hydrogens is 252 g/mol. The minimum absolute atomic E-state index is 0.212. The second-order valence-electron chi connectivity index (χ2n) is 5.75. The van der Waals surface area contributed by atoms with Crippen LogP contribution in [0.15, 0.2) is 24.3 Å². The first-order valence-corrected chi connectivity index (χ1v) is 7.42. The zero-order chi connectivity index (χ0) is 13.9. The third-order valence-corrected chi connectivity index (χ3v) is 4.41. The number of fused-ring (bicyclic) bond motifs is 2. The molecule has 0 radical (unpaired) electrons. The third kappa shape index (κ3) is 2.80. The van der Waals surface area contributed by atoms with Crippen molar-refractivity contribution in [3.63, 3.8) is 0 Å². The summed E-state index contributed by atoms with van der Waals surface area (Å²) in [5.41, 5.74) is 0.974. The summed E-state index contributed by atoms with van der Waals surface area (Å²) in [6.45, 7) is 1.73. The summed E-state index contributed by atoms with van der Waals surface area (Å²) in [7, 11) is 1.65. The molecule has 4 nitrogen and oxygen atoms in total. The van der Waals surface area contributed by atoms with Crippen molar-refractivity contribution in [2.45, 2.75) is 37.8 Å². The maximum Gasteiger partial charge on any atom is 0.227 e. The second kappa shape index (κ2) is 5.83. The number of nitrogens with zero attached hydrogens (tertiary/aromatic N) is 1. The molecule has 2 heterocycles. The topological polar surface area (TPSA) is 41.6 Å². The van der Waals surface area contributed by atoms with Crippen molar-refractivity contribution < 1.29 is 9.53 Å². The molecule has 2 fully saturated rings. The molecule has 2 unspecified atom stereocenters. The van der Waals surface area contributed by atoms with Crippen molar-refractivity contribution in [2.75, 3.05) is 20.2 Å². The SMILES string of the molecule is COc1ccccc1CC(=O)N1CCC2CCC(C1)N2. The highest BCUT2D eigenvalue weighted by atomic mass is 16.5. The van der Waals surface area contributed by atoms with Gasteiger partial charge in [-0.05, 0) is 25.3 Å². The van der Waals surface area contributed by atoms with E-state index in [-0.39, 0.29) is 5.91 Å². The molecule has 1 aromatic rings. The summed E-state index contributed by atoms with van der Waals surface area (Å²) in [6, 6.07) is 8.87. The van der Waals surface area contributed by atoms with Gasteiger partial charge in [0.2, 0.25) is 5.91 Å². The summed E-state index contributed by atoms with van der Waals surface area (Å²) in [4.78, 5) is 14.5. The molecule has 20 heavy (non-hydrogen) atoms. The highest BCUT2D eigenvalue weighted by molar-refractivity contribution is 5.79. The van der Waals surface area contributed by atoms with Gasteiger partial charge in [0.15, 0.2) is 0 Å². The van der Waals surface area contributed by atoms with E-state index in [1.165, 1.54) is 12.8 Å². The van der Waals surface area contributed by atoms with Gasteiger partial charge in [-0.2, -0.15) is 0 Å². The van der Waals surface area contributed by atoms with Crippen LogP contribution in [-0.2, 0) is 11.2 Å². The summed E-state index contributed by atoms with van der Waals surface area (Å²) in [5.74, 6) is 1.01. The van der Waals surface area contributed by atoms with Crippen molar-refractivity contribution >= 4 is 5.91 Å². The summed E-state index contributed by atoms with van der Waals surface area (Å²) in [5, 5.41) is 3.61. The van der Waals surface area contributed by atoms with Gasteiger partial charge in [0, 0.05) is 30.7 Å². The number of likely N-dealkylation sites (tertiary alicyclic amines) is 1. The van der Waals surface area contributed by atoms with Gasteiger partial charge >= 0.3 is 0 Å². The van der Waals surface area contributed by atoms with Crippen LogP contribution >= 0.6 is 0 Å². The number of carbonyl (C=O) groups excluding carboxylic acids is 1. The van der Waals surface area contributed by atoms with Crippen molar-refractivity contribution in [1.29, 1.82) is 0 Å². The Morgan fingerprint density at radius 1 is 1.30 bits per heavy atom. The third-order valence-electron chi connectivity index (χ3n) is 4.41. The van der Waals surface area contributed by atoms with Gasteiger partial charge in [-0.3, -0.25) is 4.79 Å². The van der Waals surface area contributed by atoms with Gasteiger partial charge in [0.05, 0.1) is 13.5 Å². The number of carbonyl (C=O) groups is 1. The smallest absolute Gasteiger partial charge is 0.227 e. The standard InChI is InChI=1S/C16H22N2O2/c1-20-15-5-3-2-4-12(15)10-16(19)18-9-8-13-6-7-14(11-18)17-13/h2-5,13-14,17H,6-11H2,1H3. The first kappa shape index (κ1) is 13.4. The Morgan fingerprint density at radius 3 is 2.95 bits per heavy atom. The number of benzene rings is 1. The molecule has 0 saturated carbocycles. The highest BCUT2D eigenvalue weighted by Crippen LogP contribution is 2.22. The molecule has 1 amide bonds. The molecule has 0 spiro atoms. The Labute approximate surface area is 120 Å². The Hall–Kier alpha value is -1.55. The number of ether oxygens (including phenoxy) is 1. The van der Waals surface area contributed by atoms with Gasteiger partial charge < -0.3 is 15.0 Å². The van der Waals surface area contributed by atoms with Crippen molar-refractivity contribution in [3.05, 3.63) is 29.8 Å². The molecule has 2 aliphatic rings. The number of hydrogen-bond acceptors (Lipinski definition) is 3. The number of rotatable bonds is 3. The first-order chi connectivity index (χ1) is 9.76. The van der Waals surface area contributed by atoms with Gasteiger partial charge in [-0.25, -0.2) is 0 Å². The fraction of sp³-hybridized carbons (Fsp3) is 0.562. The van der Waals surface area contributed by atoms with E-state index in [0.717, 1.165) is 30.8 Å². The lowest BCUT2D eigenvalue weighted by molar-refractivity contribution is -0.130. The van der Waals surface area contributed by atoms with Crippen LogP contribution in [0.2, 0.25) is 0 Å². The van der Waals surface area contributed by atoms with E-state index in [1.807, 2.05) is 29.2 Å². The average molecular weight is 274 g/mol. The predicted molar refractivity (Wildman–Crippen MR) is 77.8 cm³/mol. The van der Waals surface area contributed by atoms with Gasteiger partial charge in [0.25, 0.3) is 0 Å². The van der Waals surface area contributed by atoms with E-state index in [9.17, 15) is 4.79 Å². The number of para-hydroxylation sites is 1. The normalized spacial score (nSPS) is 25.4.